The van der Waals surface area contributed by atoms with Crippen molar-refractivity contribution in [1.29, 1.82) is 0 Å². The van der Waals surface area contributed by atoms with Crippen LogP contribution < -0.4 is 5.32 Å². The summed E-state index contributed by atoms with van der Waals surface area (Å²) in [6.45, 7) is 7.51. The maximum Gasteiger partial charge on any atom is 0.131 e. The summed E-state index contributed by atoms with van der Waals surface area (Å²) < 4.78 is 14.2. The second-order valence-electron chi connectivity index (χ2n) is 5.58. The van der Waals surface area contributed by atoms with Gasteiger partial charge in [-0.1, -0.05) is 18.6 Å². The minimum atomic E-state index is -0.303. The molecule has 0 spiro atoms. The Morgan fingerprint density at radius 1 is 1.33 bits per heavy atom. The molecule has 1 heterocycles. The van der Waals surface area contributed by atoms with Gasteiger partial charge in [0.15, 0.2) is 0 Å². The Balaban J connectivity index is 2.11. The zero-order valence-corrected chi connectivity index (χ0v) is 12.5. The third kappa shape index (κ3) is 4.55. The average molecular weight is 292 g/mol. The normalized spacial score (nSPS) is 17.6. The van der Waals surface area contributed by atoms with Crippen LogP contribution in [-0.4, -0.2) is 36.2 Å². The van der Waals surface area contributed by atoms with Gasteiger partial charge < -0.3 is 10.4 Å². The molecule has 3 nitrogen and oxygen atoms in total. The largest absolute Gasteiger partial charge is 0.508 e. The van der Waals surface area contributed by atoms with Crippen LogP contribution in [-0.2, 0) is 0 Å². The van der Waals surface area contributed by atoms with E-state index >= 15 is 0 Å². The number of nitrogens with one attached hydrogen (secondary N) is 1. The van der Waals surface area contributed by atoms with Crippen molar-refractivity contribution >= 4 is 0 Å². The molecule has 0 unspecified atom stereocenters. The van der Waals surface area contributed by atoms with E-state index in [4.69, 9.17) is 0 Å². The molecule has 0 aromatic heterocycles. The molecule has 1 aromatic rings. The summed E-state index contributed by atoms with van der Waals surface area (Å²) >= 11 is 0. The van der Waals surface area contributed by atoms with Gasteiger partial charge in [0.05, 0.1) is 0 Å². The molecule has 0 radical (unpaired) electrons. The Morgan fingerprint density at radius 3 is 2.76 bits per heavy atom. The van der Waals surface area contributed by atoms with Gasteiger partial charge in [-0.05, 0) is 25.3 Å². The van der Waals surface area contributed by atoms with Crippen LogP contribution in [0, 0.1) is 5.82 Å². The van der Waals surface area contributed by atoms with Crippen LogP contribution in [0.4, 0.5) is 4.39 Å². The van der Waals surface area contributed by atoms with Gasteiger partial charge in [0.25, 0.3) is 0 Å². The molecule has 1 aliphatic heterocycles. The molecule has 0 saturated carbocycles. The number of phenols is 1. The predicted molar refractivity (Wildman–Crippen MR) is 83.9 cm³/mol. The summed E-state index contributed by atoms with van der Waals surface area (Å²) in [5.41, 5.74) is 0.702. The first-order valence-corrected chi connectivity index (χ1v) is 7.76. The van der Waals surface area contributed by atoms with Gasteiger partial charge in [-0.2, -0.15) is 0 Å². The van der Waals surface area contributed by atoms with Gasteiger partial charge in [-0.25, -0.2) is 4.39 Å². The van der Waals surface area contributed by atoms with E-state index in [9.17, 15) is 9.50 Å². The molecule has 116 valence electrons. The number of benzene rings is 1. The van der Waals surface area contributed by atoms with Crippen molar-refractivity contribution in [2.45, 2.75) is 31.7 Å². The molecule has 0 amide bonds. The highest BCUT2D eigenvalue weighted by Crippen LogP contribution is 2.30. The van der Waals surface area contributed by atoms with Gasteiger partial charge in [-0.15, -0.1) is 6.58 Å². The number of nitrogens with zero attached hydrogens (tertiary/aromatic N) is 1. The van der Waals surface area contributed by atoms with Crippen LogP contribution in [0.25, 0.3) is 0 Å². The third-order valence-corrected chi connectivity index (χ3v) is 4.07. The number of allylic oxidation sites excluding steroid dienone is 1. The van der Waals surface area contributed by atoms with Crippen LogP contribution in [0.15, 0.2) is 30.9 Å². The zero-order valence-electron chi connectivity index (χ0n) is 12.5. The maximum atomic E-state index is 14.2. The van der Waals surface area contributed by atoms with Gasteiger partial charge in [0.2, 0.25) is 0 Å². The van der Waals surface area contributed by atoms with Crippen LogP contribution in [0.1, 0.15) is 37.3 Å². The molecule has 1 atom stereocenters. The first-order valence-electron chi connectivity index (χ1n) is 7.76. The van der Waals surface area contributed by atoms with Crippen LogP contribution >= 0.6 is 0 Å². The van der Waals surface area contributed by atoms with Crippen LogP contribution in [0.2, 0.25) is 0 Å². The lowest BCUT2D eigenvalue weighted by atomic mass is 9.97. The van der Waals surface area contributed by atoms with E-state index in [0.717, 1.165) is 51.9 Å². The summed E-state index contributed by atoms with van der Waals surface area (Å²) in [6, 6.07) is 4.62. The zero-order chi connectivity index (χ0) is 15.1. The molecular formula is C17H25FN2O. The smallest absolute Gasteiger partial charge is 0.131 e. The second kappa shape index (κ2) is 8.15. The van der Waals surface area contributed by atoms with Crippen molar-refractivity contribution in [2.75, 3.05) is 26.2 Å². The standard InChI is InChI=1S/C17H25FN2O/c1-2-3-4-5-6-17(20-11-9-19-10-12-20)15-8-7-14(21)13-16(15)18/h2,7-8,13,17,19,21H,1,3-6,9-12H2/t17-/m1/s1. The molecule has 1 aliphatic rings. The number of hydrogen-bond donors (Lipinski definition) is 2. The Labute approximate surface area is 126 Å². The number of aromatic hydroxyl groups is 1. The molecule has 1 aromatic carbocycles. The SMILES string of the molecule is C=CCCCC[C@H](c1ccc(O)cc1F)N1CCNCC1. The maximum absolute atomic E-state index is 14.2. The van der Waals surface area contributed by atoms with E-state index in [0.29, 0.717) is 5.56 Å². The van der Waals surface area contributed by atoms with E-state index in [1.165, 1.54) is 6.07 Å². The summed E-state index contributed by atoms with van der Waals surface area (Å²) in [5.74, 6) is -0.316. The molecule has 0 aliphatic carbocycles. The third-order valence-electron chi connectivity index (χ3n) is 4.07. The summed E-state index contributed by atoms with van der Waals surface area (Å²) in [7, 11) is 0. The first kappa shape index (κ1) is 16.0. The first-order chi connectivity index (χ1) is 10.2. The summed E-state index contributed by atoms with van der Waals surface area (Å²) in [5, 5.41) is 12.7. The van der Waals surface area contributed by atoms with Crippen molar-refractivity contribution in [3.63, 3.8) is 0 Å². The van der Waals surface area contributed by atoms with Crippen molar-refractivity contribution in [2.24, 2.45) is 0 Å². The second-order valence-corrected chi connectivity index (χ2v) is 5.58. The lowest BCUT2D eigenvalue weighted by Gasteiger charge is -2.35. The fourth-order valence-corrected chi connectivity index (χ4v) is 2.94. The monoisotopic (exact) mass is 292 g/mol. The van der Waals surface area contributed by atoms with Gasteiger partial charge in [0, 0.05) is 43.9 Å². The highest BCUT2D eigenvalue weighted by atomic mass is 19.1. The molecule has 1 fully saturated rings. The lowest BCUT2D eigenvalue weighted by molar-refractivity contribution is 0.159. The Kier molecular flexibility index (Phi) is 6.21. The molecule has 1 saturated heterocycles. The molecule has 2 rings (SSSR count). The number of unbranched alkanes of at least 4 members (excludes halogenated alkanes) is 2. The minimum absolute atomic E-state index is 0.0121. The van der Waals surface area contributed by atoms with E-state index in [-0.39, 0.29) is 17.6 Å². The molecule has 4 heteroatoms. The quantitative estimate of drug-likeness (QED) is 0.598. The highest BCUT2D eigenvalue weighted by molar-refractivity contribution is 5.30. The lowest BCUT2D eigenvalue weighted by Crippen LogP contribution is -2.45. The van der Waals surface area contributed by atoms with Crippen molar-refractivity contribution in [3.05, 3.63) is 42.2 Å². The van der Waals surface area contributed by atoms with Crippen LogP contribution in [0.3, 0.4) is 0 Å². The molecular weight excluding hydrogens is 267 g/mol. The Hall–Kier alpha value is -1.39. The molecule has 21 heavy (non-hydrogen) atoms. The molecule has 2 N–H and O–H groups in total. The summed E-state index contributed by atoms with van der Waals surface area (Å²) in [6.07, 6.45) is 6.02. The van der Waals surface area contributed by atoms with Gasteiger partial charge in [-0.3, -0.25) is 4.90 Å². The Morgan fingerprint density at radius 2 is 2.10 bits per heavy atom. The van der Waals surface area contributed by atoms with E-state index < -0.39 is 0 Å². The fraction of sp³-hybridized carbons (Fsp3) is 0.529. The number of hydrogen-bond acceptors (Lipinski definition) is 3. The van der Waals surface area contributed by atoms with Gasteiger partial charge in [0.1, 0.15) is 11.6 Å². The minimum Gasteiger partial charge on any atom is -0.508 e. The number of halogens is 1. The molecule has 0 bridgehead atoms. The Bertz CT molecular complexity index is 458. The van der Waals surface area contributed by atoms with E-state index in [1.807, 2.05) is 6.08 Å². The van der Waals surface area contributed by atoms with E-state index in [2.05, 4.69) is 16.8 Å². The van der Waals surface area contributed by atoms with Crippen molar-refractivity contribution < 1.29 is 9.50 Å². The predicted octanol–water partition coefficient (Wildman–Crippen LogP) is 3.22. The number of rotatable bonds is 7. The number of phenolic OH excluding ortho intramolecular Hbond substituents is 1. The van der Waals surface area contributed by atoms with Gasteiger partial charge >= 0.3 is 0 Å². The number of piperazine rings is 1. The fourth-order valence-electron chi connectivity index (χ4n) is 2.94. The van der Waals surface area contributed by atoms with E-state index in [1.54, 1.807) is 12.1 Å². The summed E-state index contributed by atoms with van der Waals surface area (Å²) in [4.78, 5) is 2.35. The van der Waals surface area contributed by atoms with Crippen LogP contribution in [0.5, 0.6) is 5.75 Å². The van der Waals surface area contributed by atoms with Crippen molar-refractivity contribution in [3.8, 4) is 5.75 Å². The highest BCUT2D eigenvalue weighted by Gasteiger charge is 2.24. The van der Waals surface area contributed by atoms with Crippen molar-refractivity contribution in [1.82, 2.24) is 10.2 Å². The topological polar surface area (TPSA) is 35.5 Å². The average Bonchev–Trinajstić information content (AvgIpc) is 2.49.